The van der Waals surface area contributed by atoms with E-state index in [0.717, 1.165) is 102 Å². The Hall–Kier alpha value is -5.29. The maximum Gasteiger partial charge on any atom is 0.335 e. The third kappa shape index (κ3) is 6.02. The summed E-state index contributed by atoms with van der Waals surface area (Å²) >= 11 is 14.3. The van der Waals surface area contributed by atoms with E-state index in [2.05, 4.69) is 23.0 Å². The lowest BCUT2D eigenvalue weighted by molar-refractivity contribution is 0.0697. The summed E-state index contributed by atoms with van der Waals surface area (Å²) in [6, 6.07) is 19.0. The number of aromatic nitrogens is 2. The molecule has 10 nitrogen and oxygen atoms in total. The van der Waals surface area contributed by atoms with Gasteiger partial charge in [0.25, 0.3) is 0 Å². The molecule has 0 amide bonds. The van der Waals surface area contributed by atoms with Crippen molar-refractivity contribution in [2.24, 2.45) is 9.98 Å². The van der Waals surface area contributed by atoms with Crippen molar-refractivity contribution in [2.45, 2.75) is 78.3 Å². The van der Waals surface area contributed by atoms with Crippen LogP contribution in [-0.4, -0.2) is 32.1 Å². The first-order valence-electron chi connectivity index (χ1n) is 19.3. The van der Waals surface area contributed by atoms with E-state index in [1.165, 1.54) is 6.42 Å². The molecule has 5 aromatic carbocycles. The quantitative estimate of drug-likeness (QED) is 0.0886. The molecule has 0 saturated carbocycles. The second-order valence-electron chi connectivity index (χ2n) is 14.5. The number of rotatable bonds is 13. The first-order chi connectivity index (χ1) is 27.3. The summed E-state index contributed by atoms with van der Waals surface area (Å²) in [6.45, 7) is 5.57. The minimum Gasteiger partial charge on any atom is -0.478 e. The second-order valence-corrected chi connectivity index (χ2v) is 15.3. The zero-order valence-electron chi connectivity index (χ0n) is 31.1. The van der Waals surface area contributed by atoms with Crippen LogP contribution in [0.1, 0.15) is 75.6 Å². The number of carboxylic acid groups (broad SMARTS) is 1. The summed E-state index contributed by atoms with van der Waals surface area (Å²) in [7, 11) is 0. The summed E-state index contributed by atoms with van der Waals surface area (Å²) in [5.74, 6) is 1.20. The van der Waals surface area contributed by atoms with Crippen LogP contribution in [0.15, 0.2) is 70.6 Å². The zero-order chi connectivity index (χ0) is 38.7. The molecule has 2 aromatic heterocycles. The molecule has 0 spiro atoms. The maximum atomic E-state index is 12.0. The molecule has 0 saturated heterocycles. The van der Waals surface area contributed by atoms with Gasteiger partial charge < -0.3 is 33.6 Å². The molecule has 0 radical (unpaired) electrons. The third-order valence-corrected chi connectivity index (χ3v) is 11.6. The molecule has 0 fully saturated rings. The maximum absolute atomic E-state index is 12.0. The molecule has 56 heavy (non-hydrogen) atoms. The van der Waals surface area contributed by atoms with E-state index in [4.69, 9.17) is 47.4 Å². The minimum atomic E-state index is -0.982. The van der Waals surface area contributed by atoms with Crippen molar-refractivity contribution >= 4 is 84.2 Å². The van der Waals surface area contributed by atoms with Gasteiger partial charge in [-0.1, -0.05) is 75.6 Å². The standard InChI is InChI=1S/C44H40Cl2N4O6/c1-3-5-7-9-15-49-32-13-11-24(44(52)53)17-26(32)28-19-30-36(21-34(28)49)55-42-39(46)41-43(38(45)40(42)47-30)56-37-22-35-29(20-31(37)48-41)27-18-25(54-23-51)12-14-33(27)50(35)16-10-8-6-4-2/h11-14,17-22,51H,3-10,15-16,23H2,1-2H3,(H,52,53). The normalized spacial score (nSPS) is 12.8. The van der Waals surface area contributed by atoms with Gasteiger partial charge in [-0.15, -0.1) is 0 Å². The first kappa shape index (κ1) is 36.4. The molecule has 2 aliphatic heterocycles. The number of carboxylic acids is 1. The number of halogens is 2. The number of nitrogens with zero attached hydrogens (tertiary/aromatic N) is 4. The molecular weight excluding hydrogens is 751 g/mol. The molecule has 2 aliphatic rings. The van der Waals surface area contributed by atoms with Crippen molar-refractivity contribution in [1.29, 1.82) is 0 Å². The summed E-state index contributed by atoms with van der Waals surface area (Å²) < 4.78 is 23.1. The van der Waals surface area contributed by atoms with E-state index in [0.29, 0.717) is 39.3 Å². The molecule has 0 aliphatic carbocycles. The fourth-order valence-corrected chi connectivity index (χ4v) is 8.70. The summed E-state index contributed by atoms with van der Waals surface area (Å²) in [6.07, 6.45) is 8.81. The van der Waals surface area contributed by atoms with Crippen molar-refractivity contribution < 1.29 is 29.2 Å². The van der Waals surface area contributed by atoms with Gasteiger partial charge in [-0.25, -0.2) is 14.8 Å². The number of aliphatic hydroxyl groups is 1. The van der Waals surface area contributed by atoms with Gasteiger partial charge in [0.2, 0.25) is 0 Å². The smallest absolute Gasteiger partial charge is 0.335 e. The number of aliphatic hydroxyl groups excluding tert-OH is 1. The van der Waals surface area contributed by atoms with Crippen molar-refractivity contribution in [1.82, 2.24) is 9.13 Å². The van der Waals surface area contributed by atoms with Gasteiger partial charge >= 0.3 is 5.97 Å². The van der Waals surface area contributed by atoms with E-state index in [1.54, 1.807) is 12.1 Å². The molecule has 0 atom stereocenters. The van der Waals surface area contributed by atoms with Gasteiger partial charge in [0.05, 0.1) is 16.6 Å². The van der Waals surface area contributed by atoms with Gasteiger partial charge in [0, 0.05) is 57.8 Å². The number of aryl methyl sites for hydroxylation is 2. The summed E-state index contributed by atoms with van der Waals surface area (Å²) in [5, 5.41) is 24.1. The van der Waals surface area contributed by atoms with Crippen LogP contribution >= 0.6 is 23.2 Å². The topological polar surface area (TPSA) is 120 Å². The lowest BCUT2D eigenvalue weighted by atomic mass is 10.1. The lowest BCUT2D eigenvalue weighted by Gasteiger charge is -2.21. The molecule has 12 heteroatoms. The van der Waals surface area contributed by atoms with Crippen LogP contribution in [0.2, 0.25) is 10.0 Å². The Kier molecular flexibility index (Phi) is 9.51. The van der Waals surface area contributed by atoms with Crippen molar-refractivity contribution in [2.75, 3.05) is 6.79 Å². The van der Waals surface area contributed by atoms with E-state index in [9.17, 15) is 15.0 Å². The van der Waals surface area contributed by atoms with Crippen LogP contribution in [0.4, 0.5) is 11.4 Å². The first-order valence-corrected chi connectivity index (χ1v) is 20.1. The Morgan fingerprint density at radius 3 is 1.66 bits per heavy atom. The van der Waals surface area contributed by atoms with Gasteiger partial charge in [-0.2, -0.15) is 0 Å². The summed E-state index contributed by atoms with van der Waals surface area (Å²) in [5.41, 5.74) is 5.24. The van der Waals surface area contributed by atoms with Gasteiger partial charge in [-0.05, 0) is 61.4 Å². The molecule has 0 unspecified atom stereocenters. The average Bonchev–Trinajstić information content (AvgIpc) is 3.67. The molecule has 9 rings (SSSR count). The average molecular weight is 792 g/mol. The highest BCUT2D eigenvalue weighted by Gasteiger charge is 2.29. The number of hydrogen-bond donors (Lipinski definition) is 2. The minimum absolute atomic E-state index is 0.219. The highest BCUT2D eigenvalue weighted by molar-refractivity contribution is 6.35. The Morgan fingerprint density at radius 2 is 1.16 bits per heavy atom. The van der Waals surface area contributed by atoms with Crippen LogP contribution < -0.4 is 24.9 Å². The monoisotopic (exact) mass is 790 g/mol. The van der Waals surface area contributed by atoms with Crippen molar-refractivity contribution in [3.05, 3.63) is 87.0 Å². The number of ether oxygens (including phenoxy) is 3. The summed E-state index contributed by atoms with van der Waals surface area (Å²) in [4.78, 5) is 22.0. The molecule has 0 bridgehead atoms. The molecular formula is C44H40Cl2N4O6. The number of fused-ring (bicyclic) bond motifs is 10. The van der Waals surface area contributed by atoms with Gasteiger partial charge in [-0.3, -0.25) is 0 Å². The molecule has 7 aromatic rings. The largest absolute Gasteiger partial charge is 0.478 e. The van der Waals surface area contributed by atoms with E-state index in [-0.39, 0.29) is 27.1 Å². The Labute approximate surface area is 332 Å². The van der Waals surface area contributed by atoms with Crippen LogP contribution in [0.3, 0.4) is 0 Å². The predicted octanol–water partition coefficient (Wildman–Crippen LogP) is 11.5. The van der Waals surface area contributed by atoms with Crippen molar-refractivity contribution in [3.63, 3.8) is 0 Å². The zero-order valence-corrected chi connectivity index (χ0v) is 32.6. The van der Waals surface area contributed by atoms with E-state index >= 15 is 0 Å². The highest BCUT2D eigenvalue weighted by atomic mass is 35.5. The molecule has 2 N–H and O–H groups in total. The Morgan fingerprint density at radius 1 is 0.661 bits per heavy atom. The number of aromatic carboxylic acids is 1. The van der Waals surface area contributed by atoms with Crippen LogP contribution in [0.25, 0.3) is 43.6 Å². The third-order valence-electron chi connectivity index (χ3n) is 10.9. The van der Waals surface area contributed by atoms with Crippen LogP contribution in [-0.2, 0) is 13.1 Å². The molecule has 4 heterocycles. The number of hydrogen-bond acceptors (Lipinski definition) is 7. The van der Waals surface area contributed by atoms with Crippen LogP contribution in [0.5, 0.6) is 28.7 Å². The van der Waals surface area contributed by atoms with E-state index < -0.39 is 12.8 Å². The molecule has 286 valence electrons. The number of benzene rings is 5. The number of unbranched alkanes of at least 4 members (excludes halogenated alkanes) is 6. The SMILES string of the molecule is CCCCCCn1c2ccc(OCO)cc2c2cc3c(cc21)Oc1c(Cl)c2c(c(Cl)c1=N3)Oc1cc3c(cc1N=2)c1cc(C(=O)O)ccc1n3CCCCCC. The van der Waals surface area contributed by atoms with Crippen molar-refractivity contribution in [3.8, 4) is 28.7 Å². The number of carbonyl (C=O) groups is 1. The second kappa shape index (κ2) is 14.7. The predicted molar refractivity (Wildman–Crippen MR) is 220 cm³/mol. The Balaban J connectivity index is 1.18. The fourth-order valence-electron chi connectivity index (χ4n) is 8.19. The van der Waals surface area contributed by atoms with Crippen LogP contribution in [0, 0.1) is 0 Å². The Bertz CT molecular complexity index is 2880. The highest BCUT2D eigenvalue weighted by Crippen LogP contribution is 2.47. The van der Waals surface area contributed by atoms with E-state index in [1.807, 2.05) is 48.5 Å². The van der Waals surface area contributed by atoms with Gasteiger partial charge in [0.15, 0.2) is 29.8 Å². The fraction of sp³-hybridized carbons (Fsp3) is 0.295. The van der Waals surface area contributed by atoms with Gasteiger partial charge in [0.1, 0.15) is 37.9 Å². The lowest BCUT2D eigenvalue weighted by Crippen LogP contribution is -2.22.